The van der Waals surface area contributed by atoms with E-state index in [9.17, 15) is 19.4 Å². The Balaban J connectivity index is 2.06. The third kappa shape index (κ3) is 12.0. The van der Waals surface area contributed by atoms with Gasteiger partial charge in [-0.15, -0.1) is 4.67 Å². The fourth-order valence-electron chi connectivity index (χ4n) is 2.15. The van der Waals surface area contributed by atoms with Gasteiger partial charge in [-0.2, -0.15) is 4.89 Å². The van der Waals surface area contributed by atoms with Gasteiger partial charge in [0.15, 0.2) is 6.29 Å². The highest BCUT2D eigenvalue weighted by Crippen LogP contribution is 2.43. The van der Waals surface area contributed by atoms with Crippen molar-refractivity contribution in [3.63, 3.8) is 0 Å². The molecule has 0 fully saturated rings. The molecule has 2 atom stereocenters. The van der Waals surface area contributed by atoms with Crippen molar-refractivity contribution >= 4 is 14.1 Å². The first-order chi connectivity index (χ1) is 12.0. The van der Waals surface area contributed by atoms with Gasteiger partial charge in [0.1, 0.15) is 6.29 Å². The highest BCUT2D eigenvalue weighted by molar-refractivity contribution is 7.47. The number of aliphatic hydroxyl groups is 1. The molecule has 0 saturated heterocycles. The van der Waals surface area contributed by atoms with Crippen LogP contribution in [0, 0.1) is 0 Å². The van der Waals surface area contributed by atoms with Crippen LogP contribution in [0.3, 0.4) is 0 Å². The average molecular weight is 374 g/mol. The van der Waals surface area contributed by atoms with Gasteiger partial charge in [0, 0.05) is 12.8 Å². The number of phosphoric ester groups is 1. The molecule has 1 aromatic rings. The van der Waals surface area contributed by atoms with E-state index in [1.807, 2.05) is 30.3 Å². The van der Waals surface area contributed by atoms with Crippen LogP contribution in [0.5, 0.6) is 0 Å². The minimum absolute atomic E-state index is 0.0170. The van der Waals surface area contributed by atoms with E-state index in [2.05, 4.69) is 9.56 Å². The normalized spacial score (nSPS) is 14.8. The highest BCUT2D eigenvalue weighted by Gasteiger charge is 2.24. The van der Waals surface area contributed by atoms with Crippen LogP contribution in [0.1, 0.15) is 50.5 Å². The van der Waals surface area contributed by atoms with Crippen LogP contribution < -0.4 is 0 Å². The quantitative estimate of drug-likeness (QED) is 0.121. The largest absolute Gasteiger partial charge is 0.499 e. The van der Waals surface area contributed by atoms with Gasteiger partial charge in [0.2, 0.25) is 0 Å². The van der Waals surface area contributed by atoms with Crippen LogP contribution >= 0.6 is 7.82 Å². The van der Waals surface area contributed by atoms with Crippen molar-refractivity contribution in [3.05, 3.63) is 35.9 Å². The molecule has 0 aromatic heterocycles. The Bertz CT molecular complexity index is 509. The molecule has 142 valence electrons. The lowest BCUT2D eigenvalue weighted by molar-refractivity contribution is -0.317. The van der Waals surface area contributed by atoms with Gasteiger partial charge < -0.3 is 14.8 Å². The zero-order valence-electron chi connectivity index (χ0n) is 14.3. The zero-order valence-corrected chi connectivity index (χ0v) is 15.2. The van der Waals surface area contributed by atoms with E-state index >= 15 is 0 Å². The summed E-state index contributed by atoms with van der Waals surface area (Å²) in [5.41, 5.74) is 1.22. The molecule has 0 aliphatic heterocycles. The minimum atomic E-state index is -4.34. The van der Waals surface area contributed by atoms with Crippen LogP contribution in [0.25, 0.3) is 0 Å². The molecule has 0 saturated carbocycles. The fraction of sp³-hybridized carbons (Fsp3) is 0.588. The van der Waals surface area contributed by atoms with E-state index < -0.39 is 14.1 Å². The first-order valence-electron chi connectivity index (χ1n) is 8.51. The number of carbonyl (C=O) groups is 1. The van der Waals surface area contributed by atoms with Gasteiger partial charge in [0.05, 0.1) is 6.61 Å². The van der Waals surface area contributed by atoms with Crippen LogP contribution in [0.4, 0.5) is 0 Å². The summed E-state index contributed by atoms with van der Waals surface area (Å²) < 4.78 is 20.6. The molecular formula is C17H27O7P. The van der Waals surface area contributed by atoms with E-state index in [1.54, 1.807) is 0 Å². The Morgan fingerprint density at radius 1 is 1.08 bits per heavy atom. The van der Waals surface area contributed by atoms with Gasteiger partial charge in [-0.3, -0.25) is 4.52 Å². The predicted molar refractivity (Wildman–Crippen MR) is 92.5 cm³/mol. The Kier molecular flexibility index (Phi) is 11.6. The van der Waals surface area contributed by atoms with Crippen LogP contribution in [0.2, 0.25) is 0 Å². The standard InChI is InChI=1S/C17H27O7P/c18-14-8-1-2-9-15-22-25(20,21)24-23-17(19)13-7-6-12-16-10-4-3-5-11-16/h3-5,10-11,14,17,19H,1-2,6-9,12-13,15H2,(H,20,21). The summed E-state index contributed by atoms with van der Waals surface area (Å²) in [7, 11) is -4.34. The Hall–Kier alpha value is -1.08. The minimum Gasteiger partial charge on any atom is -0.366 e. The number of rotatable bonds is 15. The number of hydrogen-bond acceptors (Lipinski definition) is 6. The first kappa shape index (κ1) is 22.0. The van der Waals surface area contributed by atoms with Crippen molar-refractivity contribution in [2.75, 3.05) is 6.61 Å². The van der Waals surface area contributed by atoms with Gasteiger partial charge in [-0.05, 0) is 37.7 Å². The molecule has 7 nitrogen and oxygen atoms in total. The summed E-state index contributed by atoms with van der Waals surface area (Å²) >= 11 is 0. The molecule has 0 radical (unpaired) electrons. The number of hydrogen-bond donors (Lipinski definition) is 2. The molecule has 25 heavy (non-hydrogen) atoms. The molecule has 0 bridgehead atoms. The smallest absolute Gasteiger partial charge is 0.366 e. The summed E-state index contributed by atoms with van der Waals surface area (Å²) in [5.74, 6) is 0. The molecule has 0 spiro atoms. The van der Waals surface area contributed by atoms with E-state index in [0.717, 1.165) is 19.1 Å². The van der Waals surface area contributed by atoms with Gasteiger partial charge in [-0.25, -0.2) is 4.57 Å². The molecule has 0 amide bonds. The van der Waals surface area contributed by atoms with Crippen LogP contribution in [-0.2, 0) is 29.9 Å². The van der Waals surface area contributed by atoms with Gasteiger partial charge in [0.25, 0.3) is 0 Å². The Morgan fingerprint density at radius 3 is 2.56 bits per heavy atom. The predicted octanol–water partition coefficient (Wildman–Crippen LogP) is 3.54. The lowest BCUT2D eigenvalue weighted by atomic mass is 10.1. The van der Waals surface area contributed by atoms with Crippen molar-refractivity contribution in [2.45, 2.75) is 57.7 Å². The van der Waals surface area contributed by atoms with Crippen molar-refractivity contribution in [2.24, 2.45) is 0 Å². The average Bonchev–Trinajstić information content (AvgIpc) is 2.61. The van der Waals surface area contributed by atoms with Crippen molar-refractivity contribution < 1.29 is 33.4 Å². The summed E-state index contributed by atoms with van der Waals surface area (Å²) in [6.07, 6.45) is 4.69. The molecule has 0 aliphatic rings. The van der Waals surface area contributed by atoms with E-state index in [0.29, 0.717) is 38.5 Å². The third-order valence-corrected chi connectivity index (χ3v) is 4.26. The number of phosphoric acid groups is 1. The Labute approximate surface area is 148 Å². The second kappa shape index (κ2) is 13.2. The lowest BCUT2D eigenvalue weighted by Crippen LogP contribution is -2.12. The summed E-state index contributed by atoms with van der Waals surface area (Å²) in [5, 5.41) is 9.61. The second-order valence-electron chi connectivity index (χ2n) is 5.67. The molecule has 0 aliphatic carbocycles. The van der Waals surface area contributed by atoms with E-state index in [1.165, 1.54) is 5.56 Å². The number of benzene rings is 1. The number of unbranched alkanes of at least 4 members (excludes halogenated alkanes) is 4. The van der Waals surface area contributed by atoms with Gasteiger partial charge >= 0.3 is 7.82 Å². The molecule has 2 unspecified atom stereocenters. The van der Waals surface area contributed by atoms with Crippen molar-refractivity contribution in [3.8, 4) is 0 Å². The molecule has 1 aromatic carbocycles. The maximum Gasteiger partial charge on any atom is 0.499 e. The Morgan fingerprint density at radius 2 is 1.84 bits per heavy atom. The number of aryl methyl sites for hydroxylation is 1. The molecule has 8 heteroatoms. The van der Waals surface area contributed by atoms with Crippen LogP contribution in [-0.4, -0.2) is 29.2 Å². The number of aldehydes is 1. The lowest BCUT2D eigenvalue weighted by Gasteiger charge is -2.14. The van der Waals surface area contributed by atoms with Gasteiger partial charge in [-0.1, -0.05) is 36.8 Å². The summed E-state index contributed by atoms with van der Waals surface area (Å²) in [6, 6.07) is 9.98. The van der Waals surface area contributed by atoms with E-state index in [4.69, 9.17) is 4.52 Å². The first-order valence-corrected chi connectivity index (χ1v) is 10.0. The molecule has 1 rings (SSSR count). The topological polar surface area (TPSA) is 102 Å². The second-order valence-corrected chi connectivity index (χ2v) is 7.02. The molecule has 2 N–H and O–H groups in total. The SMILES string of the molecule is O=CCCCCCOP(=O)(O)OOC(O)CCCCc1ccccc1. The summed E-state index contributed by atoms with van der Waals surface area (Å²) in [6.45, 7) is 0.0170. The monoisotopic (exact) mass is 374 g/mol. The number of aliphatic hydroxyl groups excluding tert-OH is 1. The van der Waals surface area contributed by atoms with Crippen LogP contribution in [0.15, 0.2) is 30.3 Å². The molecule has 0 heterocycles. The summed E-state index contributed by atoms with van der Waals surface area (Å²) in [4.78, 5) is 24.1. The maximum absolute atomic E-state index is 11.5. The number of carbonyl (C=O) groups excluding carboxylic acids is 1. The fourth-order valence-corrected chi connectivity index (χ4v) is 2.76. The van der Waals surface area contributed by atoms with E-state index in [-0.39, 0.29) is 6.61 Å². The maximum atomic E-state index is 11.5. The van der Waals surface area contributed by atoms with Crippen molar-refractivity contribution in [1.29, 1.82) is 0 Å². The highest BCUT2D eigenvalue weighted by atomic mass is 31.2. The zero-order chi connectivity index (χ0) is 18.4. The van der Waals surface area contributed by atoms with Crippen molar-refractivity contribution in [1.82, 2.24) is 0 Å². The molecular weight excluding hydrogens is 347 g/mol. The third-order valence-electron chi connectivity index (χ3n) is 3.48.